The number of alkyl halides is 4. The lowest BCUT2D eigenvalue weighted by Crippen LogP contribution is -2.55. The van der Waals surface area contributed by atoms with Crippen molar-refractivity contribution in [2.75, 3.05) is 0 Å². The summed E-state index contributed by atoms with van der Waals surface area (Å²) in [6.07, 6.45) is 2.75. The quantitative estimate of drug-likeness (QED) is 0.347. The summed E-state index contributed by atoms with van der Waals surface area (Å²) in [4.78, 5) is 11.8. The monoisotopic (exact) mass is 486 g/mol. The molecule has 1 N–H and O–H groups in total. The van der Waals surface area contributed by atoms with E-state index in [9.17, 15) is 27.1 Å². The first kappa shape index (κ1) is 22.4. The molecule has 0 aromatic rings. The second-order valence-corrected chi connectivity index (χ2v) is 12.8. The topological polar surface area (TPSA) is 80.7 Å². The van der Waals surface area contributed by atoms with E-state index in [1.807, 2.05) is 0 Å². The molecule has 5 aliphatic rings. The lowest BCUT2D eigenvalue weighted by atomic mass is 9.65. The van der Waals surface area contributed by atoms with E-state index in [2.05, 4.69) is 3.63 Å². The van der Waals surface area contributed by atoms with Crippen molar-refractivity contribution >= 4 is 27.9 Å². The Labute approximate surface area is 183 Å². The maximum Gasteiger partial charge on any atom is 0.432 e. The Morgan fingerprint density at radius 3 is 2.35 bits per heavy atom. The number of halogens is 4. The molecule has 0 aromatic carbocycles. The number of fused-ring (bicyclic) bond motifs is 9. The van der Waals surface area contributed by atoms with Crippen LogP contribution < -0.4 is 0 Å². The van der Waals surface area contributed by atoms with Crippen LogP contribution in [0.3, 0.4) is 0 Å². The number of carbonyl (C=O) groups excluding carboxylic acids is 1. The molecule has 4 bridgehead atoms. The minimum Gasteiger partial charge on any atom is -0.393 e. The van der Waals surface area contributed by atoms with E-state index in [0.717, 1.165) is 6.42 Å². The standard InChI is InChI=1S/C20H26F4O5S2/c21-19(22,20(23,24)31(27,28)29-30-16-4-2-1-3-14(16)25)13-7-9-5-11(13)18-12-6-10(17(9)18)8-15(12)26/h9-13,15-18,26H,1-8H2. The van der Waals surface area contributed by atoms with Gasteiger partial charge in [-0.05, 0) is 74.0 Å². The van der Waals surface area contributed by atoms with Crippen LogP contribution in [0.1, 0.15) is 51.4 Å². The van der Waals surface area contributed by atoms with Gasteiger partial charge in [0.05, 0.1) is 11.4 Å². The maximum absolute atomic E-state index is 15.2. The Morgan fingerprint density at radius 2 is 1.65 bits per heavy atom. The van der Waals surface area contributed by atoms with Crippen molar-refractivity contribution in [2.45, 2.75) is 73.9 Å². The highest BCUT2D eigenvalue weighted by Crippen LogP contribution is 2.71. The number of carbonyl (C=O) groups is 1. The van der Waals surface area contributed by atoms with Gasteiger partial charge in [-0.15, -0.1) is 0 Å². The summed E-state index contributed by atoms with van der Waals surface area (Å²) >= 11 is 0.0549. The molecule has 5 saturated carbocycles. The zero-order valence-corrected chi connectivity index (χ0v) is 18.4. The van der Waals surface area contributed by atoms with E-state index in [1.54, 1.807) is 0 Å². The maximum atomic E-state index is 15.2. The molecule has 9 atom stereocenters. The summed E-state index contributed by atoms with van der Waals surface area (Å²) in [5, 5.41) is 3.87. The predicted molar refractivity (Wildman–Crippen MR) is 104 cm³/mol. The van der Waals surface area contributed by atoms with Crippen LogP contribution in [-0.2, 0) is 18.5 Å². The van der Waals surface area contributed by atoms with Gasteiger partial charge in [0.2, 0.25) is 0 Å². The Morgan fingerprint density at radius 1 is 0.968 bits per heavy atom. The molecule has 0 aromatic heterocycles. The summed E-state index contributed by atoms with van der Waals surface area (Å²) in [6.45, 7) is 0. The van der Waals surface area contributed by atoms with Crippen molar-refractivity contribution in [3.05, 3.63) is 0 Å². The molecule has 0 heterocycles. The van der Waals surface area contributed by atoms with Gasteiger partial charge >= 0.3 is 21.3 Å². The largest absolute Gasteiger partial charge is 0.432 e. The van der Waals surface area contributed by atoms with Crippen molar-refractivity contribution in [2.24, 2.45) is 41.4 Å². The zero-order valence-electron chi connectivity index (χ0n) is 16.8. The summed E-state index contributed by atoms with van der Waals surface area (Å²) in [5.41, 5.74) is 0. The lowest BCUT2D eigenvalue weighted by molar-refractivity contribution is -0.210. The fourth-order valence-electron chi connectivity index (χ4n) is 7.56. The van der Waals surface area contributed by atoms with Crippen LogP contribution in [0, 0.1) is 41.4 Å². The van der Waals surface area contributed by atoms with Crippen molar-refractivity contribution in [1.82, 2.24) is 0 Å². The highest BCUT2D eigenvalue weighted by Gasteiger charge is 2.76. The third-order valence-corrected chi connectivity index (χ3v) is 11.4. The summed E-state index contributed by atoms with van der Waals surface area (Å²) in [5.74, 6) is -7.68. The van der Waals surface area contributed by atoms with Gasteiger partial charge in [0, 0.05) is 24.4 Å². The number of aliphatic hydroxyl groups excluding tert-OH is 1. The Hall–Kier alpha value is -0.390. The summed E-state index contributed by atoms with van der Waals surface area (Å²) < 4.78 is 88.6. The zero-order chi connectivity index (χ0) is 22.3. The molecule has 5 rings (SSSR count). The van der Waals surface area contributed by atoms with Gasteiger partial charge < -0.3 is 5.11 Å². The number of hydrogen-bond acceptors (Lipinski definition) is 6. The van der Waals surface area contributed by atoms with Crippen molar-refractivity contribution in [3.63, 3.8) is 0 Å². The fraction of sp³-hybridized carbons (Fsp3) is 0.950. The fourth-order valence-corrected chi connectivity index (χ4v) is 9.67. The van der Waals surface area contributed by atoms with Crippen LogP contribution in [0.25, 0.3) is 0 Å². The molecule has 5 fully saturated rings. The molecule has 11 heteroatoms. The third-order valence-electron chi connectivity index (χ3n) is 8.70. The van der Waals surface area contributed by atoms with Gasteiger partial charge in [-0.1, -0.05) is 6.42 Å². The molecule has 5 aliphatic carbocycles. The van der Waals surface area contributed by atoms with Crippen LogP contribution in [-0.4, -0.2) is 41.8 Å². The second-order valence-electron chi connectivity index (χ2n) is 10.1. The first-order chi connectivity index (χ1) is 14.5. The number of Topliss-reactive ketones (excluding diaryl/α,β-unsaturated/α-hetero) is 1. The van der Waals surface area contributed by atoms with Crippen molar-refractivity contribution in [1.29, 1.82) is 0 Å². The molecule has 176 valence electrons. The van der Waals surface area contributed by atoms with Crippen LogP contribution in [0.5, 0.6) is 0 Å². The average molecular weight is 487 g/mol. The highest BCUT2D eigenvalue weighted by molar-refractivity contribution is 8.05. The molecule has 0 saturated heterocycles. The van der Waals surface area contributed by atoms with Gasteiger partial charge in [-0.25, -0.2) is 0 Å². The SMILES string of the molecule is O=C1CCCCC1SOS(=O)(=O)C(F)(F)C(F)(F)C1CC2CC1C1C3CC(CC3O)C21. The number of hydrogen-bond donors (Lipinski definition) is 1. The van der Waals surface area contributed by atoms with E-state index in [0.29, 0.717) is 25.7 Å². The van der Waals surface area contributed by atoms with E-state index in [4.69, 9.17) is 0 Å². The molecule has 0 aliphatic heterocycles. The van der Waals surface area contributed by atoms with E-state index >= 15 is 8.78 Å². The average Bonchev–Trinajstić information content (AvgIpc) is 3.45. The first-order valence-electron chi connectivity index (χ1n) is 11.0. The van der Waals surface area contributed by atoms with Crippen LogP contribution in [0.15, 0.2) is 0 Å². The molecule has 0 radical (unpaired) electrons. The minimum absolute atomic E-state index is 0.0549. The second kappa shape index (κ2) is 7.30. The molecule has 5 nitrogen and oxygen atoms in total. The summed E-state index contributed by atoms with van der Waals surface area (Å²) in [7, 11) is -5.96. The lowest BCUT2D eigenvalue weighted by Gasteiger charge is -2.43. The third kappa shape index (κ3) is 3.15. The minimum atomic E-state index is -5.96. The van der Waals surface area contributed by atoms with Crippen LogP contribution >= 0.6 is 12.0 Å². The van der Waals surface area contributed by atoms with E-state index < -0.39 is 44.5 Å². The van der Waals surface area contributed by atoms with Crippen molar-refractivity contribution in [3.8, 4) is 0 Å². The molecular formula is C20H26F4O5S2. The summed E-state index contributed by atoms with van der Waals surface area (Å²) in [6, 6.07) is 0. The normalized spacial score (nSPS) is 44.8. The molecule has 31 heavy (non-hydrogen) atoms. The van der Waals surface area contributed by atoms with Gasteiger partial charge in [0.25, 0.3) is 0 Å². The Balaban J connectivity index is 1.33. The number of ketones is 1. The molecular weight excluding hydrogens is 460 g/mol. The Kier molecular flexibility index (Phi) is 5.28. The van der Waals surface area contributed by atoms with Crippen molar-refractivity contribution < 1.29 is 39.5 Å². The number of aliphatic hydroxyl groups is 1. The predicted octanol–water partition coefficient (Wildman–Crippen LogP) is 4.01. The molecule has 0 spiro atoms. The highest BCUT2D eigenvalue weighted by atomic mass is 32.3. The molecule has 0 amide bonds. The van der Waals surface area contributed by atoms with Crippen LogP contribution in [0.2, 0.25) is 0 Å². The first-order valence-corrected chi connectivity index (χ1v) is 13.2. The van der Waals surface area contributed by atoms with Gasteiger partial charge in [-0.2, -0.15) is 29.6 Å². The van der Waals surface area contributed by atoms with Crippen LogP contribution in [0.4, 0.5) is 17.6 Å². The molecule has 9 unspecified atom stereocenters. The van der Waals surface area contributed by atoms with E-state index in [-0.39, 0.29) is 66.7 Å². The van der Waals surface area contributed by atoms with Gasteiger partial charge in [-0.3, -0.25) is 4.79 Å². The van der Waals surface area contributed by atoms with Gasteiger partial charge in [0.15, 0.2) is 0 Å². The Bertz CT molecular complexity index is 866. The number of rotatable bonds is 6. The smallest absolute Gasteiger partial charge is 0.393 e. The van der Waals surface area contributed by atoms with E-state index in [1.165, 1.54) is 0 Å². The van der Waals surface area contributed by atoms with Gasteiger partial charge in [0.1, 0.15) is 5.78 Å².